The van der Waals surface area contributed by atoms with Crippen LogP contribution in [0.25, 0.3) is 10.3 Å². The number of fused-ring (bicyclic) bond motifs is 1. The minimum absolute atomic E-state index is 0.0319. The zero-order valence-electron chi connectivity index (χ0n) is 12.0. The number of nitrogens with zero attached hydrogens (tertiary/aromatic N) is 2. The molecular formula is C12H14N4O6S. The van der Waals surface area contributed by atoms with Crippen LogP contribution >= 0.6 is 11.3 Å². The minimum atomic E-state index is -1.02. The zero-order valence-corrected chi connectivity index (χ0v) is 12.8. The number of esters is 1. The Hall–Kier alpha value is -2.24. The first-order valence-corrected chi connectivity index (χ1v) is 7.56. The maximum absolute atomic E-state index is 12.2. The van der Waals surface area contributed by atoms with Crippen molar-refractivity contribution in [3.63, 3.8) is 0 Å². The number of hydrogen-bond donors (Lipinski definition) is 3. The van der Waals surface area contributed by atoms with Crippen LogP contribution in [-0.4, -0.2) is 44.4 Å². The predicted molar refractivity (Wildman–Crippen MR) is 80.1 cm³/mol. The van der Waals surface area contributed by atoms with Gasteiger partial charge in [0, 0.05) is 13.3 Å². The van der Waals surface area contributed by atoms with Crippen LogP contribution in [0.4, 0.5) is 5.95 Å². The molecule has 0 radical (unpaired) electrons. The molecule has 4 N–H and O–H groups in total. The van der Waals surface area contributed by atoms with Crippen LogP contribution in [-0.2, 0) is 14.3 Å². The summed E-state index contributed by atoms with van der Waals surface area (Å²) in [6.45, 7) is 1.23. The van der Waals surface area contributed by atoms with Crippen LogP contribution < -0.4 is 16.2 Å². The first kappa shape index (κ1) is 15.6. The van der Waals surface area contributed by atoms with Crippen molar-refractivity contribution in [2.24, 2.45) is 0 Å². The van der Waals surface area contributed by atoms with Gasteiger partial charge in [0.1, 0.15) is 17.4 Å². The van der Waals surface area contributed by atoms with Gasteiger partial charge in [0.2, 0.25) is 5.95 Å². The van der Waals surface area contributed by atoms with E-state index in [1.165, 1.54) is 6.92 Å². The van der Waals surface area contributed by atoms with Gasteiger partial charge in [-0.1, -0.05) is 11.3 Å². The molecular weight excluding hydrogens is 328 g/mol. The number of thiazole rings is 1. The lowest BCUT2D eigenvalue weighted by Gasteiger charge is -2.16. The summed E-state index contributed by atoms with van der Waals surface area (Å²) in [6.07, 6.45) is -2.40. The van der Waals surface area contributed by atoms with E-state index in [-0.39, 0.29) is 29.3 Å². The Morgan fingerprint density at radius 1 is 1.61 bits per heavy atom. The van der Waals surface area contributed by atoms with Crippen molar-refractivity contribution in [3.05, 3.63) is 20.0 Å². The van der Waals surface area contributed by atoms with Gasteiger partial charge in [-0.2, -0.15) is 4.98 Å². The van der Waals surface area contributed by atoms with Crippen LogP contribution in [0.15, 0.2) is 9.59 Å². The van der Waals surface area contributed by atoms with Crippen LogP contribution in [0, 0.1) is 0 Å². The molecule has 2 aromatic rings. The van der Waals surface area contributed by atoms with Crippen molar-refractivity contribution >= 4 is 33.6 Å². The van der Waals surface area contributed by atoms with Gasteiger partial charge in [-0.15, -0.1) is 0 Å². The lowest BCUT2D eigenvalue weighted by Crippen LogP contribution is -2.27. The molecule has 0 spiro atoms. The highest BCUT2D eigenvalue weighted by Crippen LogP contribution is 2.30. The molecule has 3 rings (SSSR count). The van der Waals surface area contributed by atoms with E-state index < -0.39 is 34.8 Å². The average Bonchev–Trinajstić information content (AvgIpc) is 2.96. The maximum Gasteiger partial charge on any atom is 0.311 e. The van der Waals surface area contributed by atoms with Gasteiger partial charge in [-0.3, -0.25) is 23.9 Å². The van der Waals surface area contributed by atoms with E-state index in [2.05, 4.69) is 9.97 Å². The SMILES string of the molecule is CC(=O)OC[C@@H]1C[C@@H](O)[C@H](n2c(=O)sc3c(=O)[nH]c(N)nc32)O1. The van der Waals surface area contributed by atoms with Crippen molar-refractivity contribution < 1.29 is 19.4 Å². The third kappa shape index (κ3) is 2.85. The third-order valence-corrected chi connectivity index (χ3v) is 4.33. The second-order valence-corrected chi connectivity index (χ2v) is 6.06. The number of nitrogens with two attached hydrogens (primary N) is 1. The number of nitrogen functional groups attached to an aromatic ring is 1. The number of nitrogens with one attached hydrogen (secondary N) is 1. The Kier molecular flexibility index (Phi) is 3.92. The highest BCUT2D eigenvalue weighted by atomic mass is 32.1. The van der Waals surface area contributed by atoms with E-state index in [4.69, 9.17) is 15.2 Å². The number of carbonyl (C=O) groups is 1. The van der Waals surface area contributed by atoms with E-state index in [1.807, 2.05) is 0 Å². The number of aliphatic hydroxyl groups is 1. The Balaban J connectivity index is 1.97. The van der Waals surface area contributed by atoms with Gasteiger partial charge < -0.3 is 20.3 Å². The number of rotatable bonds is 3. The molecule has 124 valence electrons. The number of ether oxygens (including phenoxy) is 2. The Morgan fingerprint density at radius 2 is 2.35 bits per heavy atom. The normalized spacial score (nSPS) is 24.2. The lowest BCUT2D eigenvalue weighted by molar-refractivity contribution is -0.146. The molecule has 0 amide bonds. The Morgan fingerprint density at radius 3 is 3.04 bits per heavy atom. The molecule has 23 heavy (non-hydrogen) atoms. The standard InChI is InChI=1S/C12H14N4O6S/c1-4(17)21-3-5-2-6(18)10(22-5)16-8-7(23-12(16)20)9(19)15-11(13)14-8/h5-6,10,18H,2-3H2,1H3,(H3,13,14,15,19)/t5-,6+,10+/m0/s1. The Labute approximate surface area is 132 Å². The zero-order chi connectivity index (χ0) is 16.7. The lowest BCUT2D eigenvalue weighted by atomic mass is 10.2. The summed E-state index contributed by atoms with van der Waals surface area (Å²) >= 11 is 0.692. The summed E-state index contributed by atoms with van der Waals surface area (Å²) in [7, 11) is 0. The summed E-state index contributed by atoms with van der Waals surface area (Å²) < 4.78 is 11.6. The number of aliphatic hydroxyl groups excluding tert-OH is 1. The average molecular weight is 342 g/mol. The fraction of sp³-hybridized carbons (Fsp3) is 0.500. The molecule has 0 aliphatic carbocycles. The molecule has 2 aromatic heterocycles. The van der Waals surface area contributed by atoms with Crippen molar-refractivity contribution in [3.8, 4) is 0 Å². The molecule has 3 heterocycles. The summed E-state index contributed by atoms with van der Waals surface area (Å²) in [5.41, 5.74) is 5.03. The van der Waals surface area contributed by atoms with Gasteiger partial charge in [-0.25, -0.2) is 0 Å². The topological polar surface area (TPSA) is 150 Å². The van der Waals surface area contributed by atoms with Gasteiger partial charge in [-0.05, 0) is 0 Å². The van der Waals surface area contributed by atoms with Crippen molar-refractivity contribution in [2.75, 3.05) is 12.3 Å². The summed E-state index contributed by atoms with van der Waals surface area (Å²) in [6, 6.07) is 0. The van der Waals surface area contributed by atoms with E-state index in [0.717, 1.165) is 4.57 Å². The van der Waals surface area contributed by atoms with Gasteiger partial charge in [0.25, 0.3) is 5.56 Å². The highest BCUT2D eigenvalue weighted by Gasteiger charge is 2.38. The molecule has 1 fully saturated rings. The molecule has 0 saturated carbocycles. The van der Waals surface area contributed by atoms with Crippen molar-refractivity contribution in [1.29, 1.82) is 0 Å². The Bertz CT molecular complexity index is 871. The van der Waals surface area contributed by atoms with Crippen LogP contribution in [0.3, 0.4) is 0 Å². The molecule has 11 heteroatoms. The molecule has 1 saturated heterocycles. The fourth-order valence-corrected chi connectivity index (χ4v) is 3.29. The van der Waals surface area contributed by atoms with Crippen molar-refractivity contribution in [1.82, 2.24) is 14.5 Å². The number of carbonyl (C=O) groups excluding carboxylic acids is 1. The van der Waals surface area contributed by atoms with E-state index >= 15 is 0 Å². The number of anilines is 1. The fourth-order valence-electron chi connectivity index (χ4n) is 2.45. The molecule has 0 bridgehead atoms. The molecule has 0 unspecified atom stereocenters. The number of H-pyrrole nitrogens is 1. The first-order valence-electron chi connectivity index (χ1n) is 6.74. The van der Waals surface area contributed by atoms with Crippen LogP contribution in [0.5, 0.6) is 0 Å². The second-order valence-electron chi connectivity index (χ2n) is 5.10. The number of hydrogen-bond acceptors (Lipinski definition) is 9. The molecule has 1 aliphatic rings. The van der Waals surface area contributed by atoms with Crippen LogP contribution in [0.2, 0.25) is 0 Å². The summed E-state index contributed by atoms with van der Waals surface area (Å²) in [5.74, 6) is -0.608. The smallest absolute Gasteiger partial charge is 0.311 e. The van der Waals surface area contributed by atoms with E-state index in [0.29, 0.717) is 11.3 Å². The van der Waals surface area contributed by atoms with Crippen LogP contribution in [0.1, 0.15) is 19.6 Å². The highest BCUT2D eigenvalue weighted by molar-refractivity contribution is 7.16. The quantitative estimate of drug-likeness (QED) is 0.597. The third-order valence-electron chi connectivity index (χ3n) is 3.38. The predicted octanol–water partition coefficient (Wildman–Crippen LogP) is -1.06. The molecule has 3 atom stereocenters. The monoisotopic (exact) mass is 342 g/mol. The molecule has 0 aromatic carbocycles. The molecule has 10 nitrogen and oxygen atoms in total. The second kappa shape index (κ2) is 5.76. The van der Waals surface area contributed by atoms with Gasteiger partial charge in [0.05, 0.1) is 6.10 Å². The minimum Gasteiger partial charge on any atom is -0.463 e. The number of aromatic amines is 1. The van der Waals surface area contributed by atoms with Gasteiger partial charge >= 0.3 is 10.8 Å². The number of aromatic nitrogens is 3. The van der Waals surface area contributed by atoms with E-state index in [9.17, 15) is 19.5 Å². The maximum atomic E-state index is 12.2. The first-order chi connectivity index (χ1) is 10.9. The molecule has 1 aliphatic heterocycles. The van der Waals surface area contributed by atoms with E-state index in [1.54, 1.807) is 0 Å². The van der Waals surface area contributed by atoms with Gasteiger partial charge in [0.15, 0.2) is 11.9 Å². The summed E-state index contributed by atoms with van der Waals surface area (Å²) in [4.78, 5) is 40.6. The largest absolute Gasteiger partial charge is 0.463 e. The summed E-state index contributed by atoms with van der Waals surface area (Å²) in [5, 5.41) is 10.2. The van der Waals surface area contributed by atoms with Crippen molar-refractivity contribution in [2.45, 2.75) is 31.8 Å².